The van der Waals surface area contributed by atoms with Gasteiger partial charge in [-0.3, -0.25) is 0 Å². The summed E-state index contributed by atoms with van der Waals surface area (Å²) in [5, 5.41) is 7.22. The zero-order chi connectivity index (χ0) is 8.23. The Kier molecular flexibility index (Phi) is 1.86. The quantitative estimate of drug-likeness (QED) is 0.665. The Labute approximate surface area is 70.1 Å². The largest absolute Gasteiger partial charge is 0.417 e. The molecule has 1 heterocycles. The maximum absolute atomic E-state index is 4.89. The van der Waals surface area contributed by atoms with Crippen molar-refractivity contribution in [3.05, 3.63) is 48.2 Å². The third-order valence-electron chi connectivity index (χ3n) is 1.56. The van der Waals surface area contributed by atoms with Crippen LogP contribution in [0.15, 0.2) is 34.7 Å². The highest BCUT2D eigenvalue weighted by Gasteiger charge is 1.99. The number of nitrogens with zero attached hydrogens (tertiary/aromatic N) is 2. The van der Waals surface area contributed by atoms with Gasteiger partial charge in [-0.05, 0) is 5.56 Å². The summed E-state index contributed by atoms with van der Waals surface area (Å²) in [6.07, 6.45) is 2.99. The van der Waals surface area contributed by atoms with Crippen molar-refractivity contribution < 1.29 is 4.42 Å². The predicted molar refractivity (Wildman–Crippen MR) is 42.4 cm³/mol. The molecule has 2 aromatic rings. The van der Waals surface area contributed by atoms with Gasteiger partial charge >= 0.3 is 6.39 Å². The van der Waals surface area contributed by atoms with Crippen LogP contribution in [0.4, 0.5) is 0 Å². The topological polar surface area (TPSA) is 38.9 Å². The van der Waals surface area contributed by atoms with Crippen LogP contribution in [0.1, 0.15) is 11.5 Å². The maximum atomic E-state index is 4.89. The molecule has 0 aliphatic heterocycles. The minimum atomic E-state index is 0.598. The lowest BCUT2D eigenvalue weighted by Gasteiger charge is -1.93. The van der Waals surface area contributed by atoms with Crippen LogP contribution in [0, 0.1) is 6.39 Å². The molecule has 59 valence electrons. The van der Waals surface area contributed by atoms with Crippen LogP contribution < -0.4 is 0 Å². The van der Waals surface area contributed by atoms with Crippen molar-refractivity contribution in [1.82, 2.24) is 10.2 Å². The zero-order valence-corrected chi connectivity index (χ0v) is 6.40. The van der Waals surface area contributed by atoms with E-state index in [0.29, 0.717) is 12.3 Å². The minimum absolute atomic E-state index is 0.598. The molecule has 0 fully saturated rings. The van der Waals surface area contributed by atoms with E-state index < -0.39 is 0 Å². The highest BCUT2D eigenvalue weighted by molar-refractivity contribution is 5.17. The highest BCUT2D eigenvalue weighted by Crippen LogP contribution is 2.04. The van der Waals surface area contributed by atoms with Crippen LogP contribution in [0.5, 0.6) is 0 Å². The summed E-state index contributed by atoms with van der Waals surface area (Å²) < 4.78 is 4.89. The summed E-state index contributed by atoms with van der Waals surface area (Å²) in [6.45, 7) is 0. The first-order valence-electron chi connectivity index (χ1n) is 3.67. The van der Waals surface area contributed by atoms with Crippen LogP contribution in [0.25, 0.3) is 0 Å². The molecule has 0 saturated heterocycles. The summed E-state index contributed by atoms with van der Waals surface area (Å²) in [7, 11) is 0. The molecule has 0 bridgehead atoms. The fourth-order valence-electron chi connectivity index (χ4n) is 1.01. The summed E-state index contributed by atoms with van der Waals surface area (Å²) in [5.41, 5.74) is 1.16. The molecular weight excluding hydrogens is 152 g/mol. The molecule has 1 aromatic heterocycles. The Balaban J connectivity index is 2.15. The first-order chi connectivity index (χ1) is 5.95. The lowest BCUT2D eigenvalue weighted by atomic mass is 10.2. The molecule has 12 heavy (non-hydrogen) atoms. The molecule has 0 aliphatic carbocycles. The SMILES string of the molecule is [c]1nnc(Cc2ccccc2)o1. The Hall–Kier alpha value is -1.64. The lowest BCUT2D eigenvalue weighted by molar-refractivity contribution is 0.497. The van der Waals surface area contributed by atoms with Crippen molar-refractivity contribution in [3.8, 4) is 0 Å². The fraction of sp³-hybridized carbons (Fsp3) is 0.111. The average Bonchev–Trinajstić information content (AvgIpc) is 2.59. The van der Waals surface area contributed by atoms with Crippen LogP contribution >= 0.6 is 0 Å². The molecule has 3 nitrogen and oxygen atoms in total. The summed E-state index contributed by atoms with van der Waals surface area (Å²) in [4.78, 5) is 0. The van der Waals surface area contributed by atoms with E-state index >= 15 is 0 Å². The Bertz CT molecular complexity index is 329. The van der Waals surface area contributed by atoms with E-state index in [9.17, 15) is 0 Å². The molecule has 1 aromatic carbocycles. The molecule has 0 aliphatic rings. The summed E-state index contributed by atoms with van der Waals surface area (Å²) in [5.74, 6) is 0.598. The van der Waals surface area contributed by atoms with Crippen molar-refractivity contribution in [2.75, 3.05) is 0 Å². The molecule has 0 amide bonds. The third-order valence-corrected chi connectivity index (χ3v) is 1.56. The van der Waals surface area contributed by atoms with E-state index in [1.54, 1.807) is 0 Å². The van der Waals surface area contributed by atoms with Gasteiger partial charge in [-0.2, -0.15) is 0 Å². The number of hydrogen-bond donors (Lipinski definition) is 0. The monoisotopic (exact) mass is 159 g/mol. The van der Waals surface area contributed by atoms with Gasteiger partial charge in [-0.25, -0.2) is 0 Å². The lowest BCUT2D eigenvalue weighted by Crippen LogP contribution is -1.87. The molecule has 0 N–H and O–H groups in total. The van der Waals surface area contributed by atoms with Gasteiger partial charge in [0, 0.05) is 0 Å². The van der Waals surface area contributed by atoms with Gasteiger partial charge in [-0.1, -0.05) is 30.3 Å². The van der Waals surface area contributed by atoms with E-state index in [2.05, 4.69) is 16.6 Å². The van der Waals surface area contributed by atoms with Crippen molar-refractivity contribution in [2.24, 2.45) is 0 Å². The molecule has 0 spiro atoms. The van der Waals surface area contributed by atoms with Gasteiger partial charge in [0.2, 0.25) is 5.89 Å². The number of rotatable bonds is 2. The van der Waals surface area contributed by atoms with E-state index in [1.165, 1.54) is 0 Å². The summed E-state index contributed by atoms with van der Waals surface area (Å²) >= 11 is 0. The second-order valence-corrected chi connectivity index (χ2v) is 2.45. The van der Waals surface area contributed by atoms with Gasteiger partial charge in [-0.15, -0.1) is 10.2 Å². The number of benzene rings is 1. The second-order valence-electron chi connectivity index (χ2n) is 2.45. The minimum Gasteiger partial charge on any atom is -0.417 e. The van der Waals surface area contributed by atoms with Gasteiger partial charge in [0.25, 0.3) is 0 Å². The van der Waals surface area contributed by atoms with E-state index in [0.717, 1.165) is 5.56 Å². The van der Waals surface area contributed by atoms with E-state index in [1.807, 2.05) is 30.3 Å². The van der Waals surface area contributed by atoms with Gasteiger partial charge < -0.3 is 4.42 Å². The Morgan fingerprint density at radius 2 is 2.08 bits per heavy atom. The fourth-order valence-corrected chi connectivity index (χ4v) is 1.01. The molecular formula is C9H7N2O. The molecule has 2 rings (SSSR count). The maximum Gasteiger partial charge on any atom is 0.305 e. The summed E-state index contributed by atoms with van der Waals surface area (Å²) in [6, 6.07) is 9.97. The molecule has 0 atom stereocenters. The Morgan fingerprint density at radius 3 is 2.75 bits per heavy atom. The molecule has 3 heteroatoms. The molecule has 1 radical (unpaired) electrons. The number of aromatic nitrogens is 2. The third kappa shape index (κ3) is 1.50. The van der Waals surface area contributed by atoms with Crippen molar-refractivity contribution in [2.45, 2.75) is 6.42 Å². The van der Waals surface area contributed by atoms with Crippen molar-refractivity contribution >= 4 is 0 Å². The zero-order valence-electron chi connectivity index (χ0n) is 6.40. The van der Waals surface area contributed by atoms with E-state index in [4.69, 9.17) is 4.42 Å². The smallest absolute Gasteiger partial charge is 0.305 e. The average molecular weight is 159 g/mol. The first-order valence-corrected chi connectivity index (χ1v) is 3.67. The number of hydrogen-bond acceptors (Lipinski definition) is 3. The predicted octanol–water partition coefficient (Wildman–Crippen LogP) is 1.46. The molecule has 0 saturated carbocycles. The van der Waals surface area contributed by atoms with Crippen molar-refractivity contribution in [3.63, 3.8) is 0 Å². The van der Waals surface area contributed by atoms with Crippen molar-refractivity contribution in [1.29, 1.82) is 0 Å². The van der Waals surface area contributed by atoms with Crippen LogP contribution in [-0.4, -0.2) is 10.2 Å². The van der Waals surface area contributed by atoms with Gasteiger partial charge in [0.15, 0.2) is 0 Å². The van der Waals surface area contributed by atoms with Gasteiger partial charge in [0.1, 0.15) is 0 Å². The normalized spacial score (nSPS) is 10.0. The van der Waals surface area contributed by atoms with Crippen LogP contribution in [-0.2, 0) is 6.42 Å². The van der Waals surface area contributed by atoms with Crippen LogP contribution in [0.3, 0.4) is 0 Å². The second kappa shape index (κ2) is 3.17. The highest BCUT2D eigenvalue weighted by atomic mass is 16.4. The molecule has 0 unspecified atom stereocenters. The van der Waals surface area contributed by atoms with E-state index in [-0.39, 0.29) is 0 Å². The standard InChI is InChI=1S/C9H7N2O/c1-2-4-8(5-3-1)6-9-11-10-7-12-9/h1-5H,6H2. The first kappa shape index (κ1) is 7.03. The van der Waals surface area contributed by atoms with Crippen LogP contribution in [0.2, 0.25) is 0 Å². The van der Waals surface area contributed by atoms with Gasteiger partial charge in [0.05, 0.1) is 6.42 Å². The Morgan fingerprint density at radius 1 is 1.25 bits per heavy atom.